The average molecular weight is 314 g/mol. The minimum absolute atomic E-state index is 0.116. The van der Waals surface area contributed by atoms with E-state index in [1.807, 2.05) is 33.3 Å². The first-order chi connectivity index (χ1) is 11.1. The fourth-order valence-corrected chi connectivity index (χ4v) is 3.03. The number of oxazole rings is 1. The number of carbonyl (C=O) groups excluding carboxylic acids is 1. The monoisotopic (exact) mass is 314 g/mol. The van der Waals surface area contributed by atoms with E-state index in [4.69, 9.17) is 4.42 Å². The molecule has 0 unspecified atom stereocenters. The van der Waals surface area contributed by atoms with Gasteiger partial charge in [0.15, 0.2) is 0 Å². The summed E-state index contributed by atoms with van der Waals surface area (Å²) in [6, 6.07) is 1.93. The van der Waals surface area contributed by atoms with Crippen LogP contribution in [0.4, 0.5) is 5.69 Å². The lowest BCUT2D eigenvalue weighted by atomic mass is 9.95. The van der Waals surface area contributed by atoms with Crippen molar-refractivity contribution in [2.45, 2.75) is 19.8 Å². The highest BCUT2D eigenvalue weighted by atomic mass is 16.4. The van der Waals surface area contributed by atoms with Crippen LogP contribution in [0.15, 0.2) is 29.1 Å². The zero-order valence-corrected chi connectivity index (χ0v) is 13.8. The molecule has 1 amide bonds. The Labute approximate surface area is 136 Å². The van der Waals surface area contributed by atoms with Crippen molar-refractivity contribution in [1.29, 1.82) is 0 Å². The van der Waals surface area contributed by atoms with E-state index in [9.17, 15) is 4.79 Å². The van der Waals surface area contributed by atoms with Crippen LogP contribution in [-0.4, -0.2) is 48.0 Å². The first-order valence-electron chi connectivity index (χ1n) is 7.89. The van der Waals surface area contributed by atoms with Crippen molar-refractivity contribution in [2.75, 3.05) is 32.1 Å². The van der Waals surface area contributed by atoms with E-state index < -0.39 is 0 Å². The predicted octanol–water partition coefficient (Wildman–Crippen LogP) is 2.35. The summed E-state index contributed by atoms with van der Waals surface area (Å²) < 4.78 is 5.67. The molecule has 1 saturated heterocycles. The van der Waals surface area contributed by atoms with E-state index in [-0.39, 0.29) is 11.8 Å². The molecule has 3 heterocycles. The molecule has 0 aromatic carbocycles. The third-order valence-electron chi connectivity index (χ3n) is 4.28. The lowest BCUT2D eigenvalue weighted by Crippen LogP contribution is -2.40. The maximum absolute atomic E-state index is 12.1. The fourth-order valence-electron chi connectivity index (χ4n) is 3.03. The van der Waals surface area contributed by atoms with E-state index in [0.29, 0.717) is 5.89 Å². The van der Waals surface area contributed by atoms with Crippen LogP contribution in [-0.2, 0) is 4.79 Å². The SMILES string of the molecule is Cc1cnc(-c2ccncc2N2CCC(C(=O)N(C)C)CC2)o1. The highest BCUT2D eigenvalue weighted by Gasteiger charge is 2.27. The summed E-state index contributed by atoms with van der Waals surface area (Å²) in [6.07, 6.45) is 7.04. The lowest BCUT2D eigenvalue weighted by molar-refractivity contribution is -0.133. The van der Waals surface area contributed by atoms with Crippen molar-refractivity contribution in [3.63, 3.8) is 0 Å². The number of nitrogens with zero attached hydrogens (tertiary/aromatic N) is 4. The third-order valence-corrected chi connectivity index (χ3v) is 4.28. The Balaban J connectivity index is 1.78. The van der Waals surface area contributed by atoms with Crippen LogP contribution in [0, 0.1) is 12.8 Å². The van der Waals surface area contributed by atoms with Crippen LogP contribution < -0.4 is 4.90 Å². The molecule has 0 spiro atoms. The van der Waals surface area contributed by atoms with Gasteiger partial charge in [-0.15, -0.1) is 0 Å². The van der Waals surface area contributed by atoms with Gasteiger partial charge in [0, 0.05) is 39.3 Å². The summed E-state index contributed by atoms with van der Waals surface area (Å²) in [5, 5.41) is 0. The van der Waals surface area contributed by atoms with Gasteiger partial charge in [0.25, 0.3) is 0 Å². The van der Waals surface area contributed by atoms with Gasteiger partial charge in [-0.3, -0.25) is 9.78 Å². The van der Waals surface area contributed by atoms with Crippen molar-refractivity contribution < 1.29 is 9.21 Å². The second-order valence-corrected chi connectivity index (χ2v) is 6.16. The standard InChI is InChI=1S/C17H22N4O2/c1-12-10-19-16(23-12)14-4-7-18-11-15(14)21-8-5-13(6-9-21)17(22)20(2)3/h4,7,10-11,13H,5-6,8-9H2,1-3H3. The molecule has 2 aromatic rings. The van der Waals surface area contributed by atoms with Gasteiger partial charge in [-0.25, -0.2) is 4.98 Å². The number of amides is 1. The smallest absolute Gasteiger partial charge is 0.228 e. The minimum Gasteiger partial charge on any atom is -0.441 e. The van der Waals surface area contributed by atoms with Gasteiger partial charge in [0.1, 0.15) is 5.76 Å². The van der Waals surface area contributed by atoms with E-state index >= 15 is 0 Å². The summed E-state index contributed by atoms with van der Waals surface area (Å²) in [4.78, 5) is 24.6. The quantitative estimate of drug-likeness (QED) is 0.870. The number of hydrogen-bond donors (Lipinski definition) is 0. The van der Waals surface area contributed by atoms with Gasteiger partial charge in [0.2, 0.25) is 11.8 Å². The number of aryl methyl sites for hydroxylation is 1. The molecule has 0 radical (unpaired) electrons. The first-order valence-corrected chi connectivity index (χ1v) is 7.89. The van der Waals surface area contributed by atoms with E-state index in [0.717, 1.165) is 42.9 Å². The van der Waals surface area contributed by atoms with Gasteiger partial charge in [-0.1, -0.05) is 0 Å². The molecule has 23 heavy (non-hydrogen) atoms. The zero-order chi connectivity index (χ0) is 16.4. The Kier molecular flexibility index (Phi) is 4.32. The zero-order valence-electron chi connectivity index (χ0n) is 13.8. The molecular formula is C17H22N4O2. The van der Waals surface area contributed by atoms with Crippen LogP contribution in [0.1, 0.15) is 18.6 Å². The van der Waals surface area contributed by atoms with Crippen molar-refractivity contribution in [2.24, 2.45) is 5.92 Å². The highest BCUT2D eigenvalue weighted by molar-refractivity contribution is 5.79. The number of piperidine rings is 1. The number of aromatic nitrogens is 2. The van der Waals surface area contributed by atoms with Crippen molar-refractivity contribution in [1.82, 2.24) is 14.9 Å². The molecule has 6 heteroatoms. The molecule has 6 nitrogen and oxygen atoms in total. The number of rotatable bonds is 3. The molecular weight excluding hydrogens is 292 g/mol. The molecule has 1 fully saturated rings. The largest absolute Gasteiger partial charge is 0.441 e. The van der Waals surface area contributed by atoms with Crippen LogP contribution in [0.25, 0.3) is 11.5 Å². The predicted molar refractivity (Wildman–Crippen MR) is 88.1 cm³/mol. The second-order valence-electron chi connectivity index (χ2n) is 6.16. The molecule has 0 saturated carbocycles. The fraction of sp³-hybridized carbons (Fsp3) is 0.471. The molecule has 1 aliphatic rings. The Morgan fingerprint density at radius 3 is 2.65 bits per heavy atom. The summed E-state index contributed by atoms with van der Waals surface area (Å²) in [5.74, 6) is 1.74. The number of anilines is 1. The Bertz CT molecular complexity index is 687. The highest BCUT2D eigenvalue weighted by Crippen LogP contribution is 2.32. The first kappa shape index (κ1) is 15.5. The van der Waals surface area contributed by atoms with Crippen molar-refractivity contribution in [3.8, 4) is 11.5 Å². The topological polar surface area (TPSA) is 62.5 Å². The van der Waals surface area contributed by atoms with E-state index in [1.165, 1.54) is 0 Å². The molecule has 3 rings (SSSR count). The molecule has 0 bridgehead atoms. The molecule has 0 aliphatic carbocycles. The lowest BCUT2D eigenvalue weighted by Gasteiger charge is -2.34. The van der Waals surface area contributed by atoms with E-state index in [2.05, 4.69) is 14.9 Å². The molecule has 122 valence electrons. The second kappa shape index (κ2) is 6.40. The third kappa shape index (κ3) is 3.21. The normalized spacial score (nSPS) is 15.7. The molecule has 0 atom stereocenters. The molecule has 0 N–H and O–H groups in total. The molecule has 2 aromatic heterocycles. The van der Waals surface area contributed by atoms with Gasteiger partial charge >= 0.3 is 0 Å². The summed E-state index contributed by atoms with van der Waals surface area (Å²) >= 11 is 0. The van der Waals surface area contributed by atoms with Crippen LogP contribution in [0.3, 0.4) is 0 Å². The van der Waals surface area contributed by atoms with Gasteiger partial charge < -0.3 is 14.2 Å². The van der Waals surface area contributed by atoms with Crippen molar-refractivity contribution in [3.05, 3.63) is 30.4 Å². The van der Waals surface area contributed by atoms with Gasteiger partial charge in [0.05, 0.1) is 23.6 Å². The minimum atomic E-state index is 0.116. The molecule has 1 aliphatic heterocycles. The summed E-state index contributed by atoms with van der Waals surface area (Å²) in [6.45, 7) is 3.56. The Hall–Kier alpha value is -2.37. The van der Waals surface area contributed by atoms with E-state index in [1.54, 1.807) is 17.3 Å². The van der Waals surface area contributed by atoms with Gasteiger partial charge in [-0.2, -0.15) is 0 Å². The Morgan fingerprint density at radius 1 is 1.30 bits per heavy atom. The van der Waals surface area contributed by atoms with Crippen LogP contribution in [0.5, 0.6) is 0 Å². The van der Waals surface area contributed by atoms with Gasteiger partial charge in [-0.05, 0) is 25.8 Å². The summed E-state index contributed by atoms with van der Waals surface area (Å²) in [5.41, 5.74) is 1.97. The van der Waals surface area contributed by atoms with Crippen molar-refractivity contribution >= 4 is 11.6 Å². The number of hydrogen-bond acceptors (Lipinski definition) is 5. The number of carbonyl (C=O) groups is 1. The maximum atomic E-state index is 12.1. The van der Waals surface area contributed by atoms with Crippen LogP contribution in [0.2, 0.25) is 0 Å². The summed E-state index contributed by atoms with van der Waals surface area (Å²) in [7, 11) is 3.64. The average Bonchev–Trinajstić information content (AvgIpc) is 3.00. The Morgan fingerprint density at radius 2 is 2.04 bits per heavy atom. The number of pyridine rings is 1. The maximum Gasteiger partial charge on any atom is 0.228 e. The van der Waals surface area contributed by atoms with Crippen LogP contribution >= 0.6 is 0 Å².